The summed E-state index contributed by atoms with van der Waals surface area (Å²) in [5, 5.41) is 6.54. The molecule has 2 N–H and O–H groups in total. The van der Waals surface area contributed by atoms with Crippen molar-refractivity contribution in [2.45, 2.75) is 0 Å². The Bertz CT molecular complexity index is 990. The summed E-state index contributed by atoms with van der Waals surface area (Å²) in [6.07, 6.45) is 0. The third-order valence-corrected chi connectivity index (χ3v) is 4.32. The van der Waals surface area contributed by atoms with Crippen molar-refractivity contribution < 1.29 is 14.3 Å². The quantitative estimate of drug-likeness (QED) is 0.467. The average Bonchev–Trinajstić information content (AvgIpc) is 2.74. The normalized spacial score (nSPS) is 10.1. The number of ether oxygens (including phenoxy) is 2. The predicted octanol–water partition coefficient (Wildman–Crippen LogP) is 4.74. The van der Waals surface area contributed by atoms with Crippen molar-refractivity contribution in [1.29, 1.82) is 0 Å². The Kier molecular flexibility index (Phi) is 6.24. The first-order valence-electron chi connectivity index (χ1n) is 8.61. The van der Waals surface area contributed by atoms with E-state index in [-0.39, 0.29) is 5.78 Å². The van der Waals surface area contributed by atoms with Crippen molar-refractivity contribution >= 4 is 34.5 Å². The summed E-state index contributed by atoms with van der Waals surface area (Å²) in [6.45, 7) is 0. The lowest BCUT2D eigenvalue weighted by Gasteiger charge is -2.16. The van der Waals surface area contributed by atoms with Gasteiger partial charge < -0.3 is 20.1 Å². The molecule has 0 aromatic heterocycles. The molecule has 0 spiro atoms. The van der Waals surface area contributed by atoms with Gasteiger partial charge >= 0.3 is 0 Å². The van der Waals surface area contributed by atoms with E-state index in [9.17, 15) is 4.79 Å². The molecule has 0 aliphatic rings. The molecule has 28 heavy (non-hydrogen) atoms. The van der Waals surface area contributed by atoms with Gasteiger partial charge in [0, 0.05) is 17.2 Å². The van der Waals surface area contributed by atoms with Gasteiger partial charge in [0.25, 0.3) is 0 Å². The summed E-state index contributed by atoms with van der Waals surface area (Å²) in [5.41, 5.74) is 2.47. The number of carbonyl (C=O) groups is 1. The SMILES string of the molecule is COc1ccc(NC(=S)Nc2ccccc2C(=O)c2ccccc2)c(OC)c1. The van der Waals surface area contributed by atoms with Crippen LogP contribution in [0, 0.1) is 0 Å². The van der Waals surface area contributed by atoms with Gasteiger partial charge in [0.1, 0.15) is 11.5 Å². The molecule has 0 saturated heterocycles. The summed E-state index contributed by atoms with van der Waals surface area (Å²) >= 11 is 5.43. The van der Waals surface area contributed by atoms with E-state index in [4.69, 9.17) is 21.7 Å². The lowest BCUT2D eigenvalue weighted by Crippen LogP contribution is -2.21. The Morgan fingerprint density at radius 2 is 1.50 bits per heavy atom. The molecule has 3 rings (SSSR count). The number of ketones is 1. The number of hydrogen-bond donors (Lipinski definition) is 2. The Balaban J connectivity index is 1.79. The van der Waals surface area contributed by atoms with Crippen LogP contribution in [-0.2, 0) is 0 Å². The standard InChI is InChI=1S/C22H20N2O3S/c1-26-16-12-13-19(20(14-16)27-2)24-22(28)23-18-11-7-6-10-17(18)21(25)15-8-4-3-5-9-15/h3-14H,1-2H3,(H2,23,24,28). The second kappa shape index (κ2) is 9.01. The highest BCUT2D eigenvalue weighted by Gasteiger charge is 2.14. The van der Waals surface area contributed by atoms with Crippen LogP contribution in [0.3, 0.4) is 0 Å². The summed E-state index contributed by atoms with van der Waals surface area (Å²) in [6, 6.07) is 21.8. The van der Waals surface area contributed by atoms with E-state index in [0.29, 0.717) is 39.1 Å². The lowest BCUT2D eigenvalue weighted by atomic mass is 10.0. The smallest absolute Gasteiger partial charge is 0.195 e. The van der Waals surface area contributed by atoms with Gasteiger partial charge in [-0.3, -0.25) is 4.79 Å². The molecule has 142 valence electrons. The maximum absolute atomic E-state index is 12.8. The molecule has 0 radical (unpaired) electrons. The van der Waals surface area contributed by atoms with Crippen LogP contribution in [0.25, 0.3) is 0 Å². The fourth-order valence-corrected chi connectivity index (χ4v) is 2.93. The summed E-state index contributed by atoms with van der Waals surface area (Å²) in [7, 11) is 3.17. The highest BCUT2D eigenvalue weighted by atomic mass is 32.1. The number of carbonyl (C=O) groups excluding carboxylic acids is 1. The molecule has 0 bridgehead atoms. The minimum absolute atomic E-state index is 0.0754. The van der Waals surface area contributed by atoms with Crippen LogP contribution in [0.2, 0.25) is 0 Å². The third kappa shape index (κ3) is 4.47. The zero-order valence-electron chi connectivity index (χ0n) is 15.6. The monoisotopic (exact) mass is 392 g/mol. The molecule has 0 aliphatic carbocycles. The third-order valence-electron chi connectivity index (χ3n) is 4.11. The van der Waals surface area contributed by atoms with E-state index < -0.39 is 0 Å². The number of anilines is 2. The fraction of sp³-hybridized carbons (Fsp3) is 0.0909. The van der Waals surface area contributed by atoms with Crippen LogP contribution < -0.4 is 20.1 Å². The van der Waals surface area contributed by atoms with E-state index >= 15 is 0 Å². The predicted molar refractivity (Wildman–Crippen MR) is 116 cm³/mol. The average molecular weight is 392 g/mol. The number of nitrogens with one attached hydrogen (secondary N) is 2. The number of benzene rings is 3. The molecule has 0 amide bonds. The molecule has 0 saturated carbocycles. The van der Waals surface area contributed by atoms with Crippen molar-refractivity contribution in [3.63, 3.8) is 0 Å². The molecule has 6 heteroatoms. The first kappa shape index (κ1) is 19.4. The van der Waals surface area contributed by atoms with Gasteiger partial charge in [0.15, 0.2) is 10.9 Å². The first-order valence-corrected chi connectivity index (χ1v) is 9.02. The van der Waals surface area contributed by atoms with E-state index in [1.165, 1.54) is 0 Å². The second-order valence-electron chi connectivity index (χ2n) is 5.89. The van der Waals surface area contributed by atoms with E-state index in [0.717, 1.165) is 0 Å². The van der Waals surface area contributed by atoms with Crippen LogP contribution in [0.4, 0.5) is 11.4 Å². The highest BCUT2D eigenvalue weighted by Crippen LogP contribution is 2.29. The Morgan fingerprint density at radius 3 is 2.21 bits per heavy atom. The largest absolute Gasteiger partial charge is 0.497 e. The zero-order valence-corrected chi connectivity index (χ0v) is 16.4. The molecule has 0 atom stereocenters. The van der Waals surface area contributed by atoms with Crippen LogP contribution in [-0.4, -0.2) is 25.1 Å². The lowest BCUT2D eigenvalue weighted by molar-refractivity contribution is 0.103. The number of thiocarbonyl (C=S) groups is 1. The minimum Gasteiger partial charge on any atom is -0.497 e. The van der Waals surface area contributed by atoms with Gasteiger partial charge in [-0.15, -0.1) is 0 Å². The second-order valence-corrected chi connectivity index (χ2v) is 6.29. The molecule has 3 aromatic rings. The Labute approximate surface area is 169 Å². The van der Waals surface area contributed by atoms with Crippen molar-refractivity contribution in [2.24, 2.45) is 0 Å². The van der Waals surface area contributed by atoms with Crippen molar-refractivity contribution in [3.8, 4) is 11.5 Å². The van der Waals surface area contributed by atoms with Crippen LogP contribution in [0.1, 0.15) is 15.9 Å². The van der Waals surface area contributed by atoms with Gasteiger partial charge in [-0.05, 0) is 36.5 Å². The number of para-hydroxylation sites is 1. The molecular weight excluding hydrogens is 372 g/mol. The number of hydrogen-bond acceptors (Lipinski definition) is 4. The molecule has 0 aliphatic heterocycles. The summed E-state index contributed by atoms with van der Waals surface area (Å²) in [4.78, 5) is 12.8. The van der Waals surface area contributed by atoms with Gasteiger partial charge in [-0.25, -0.2) is 0 Å². The number of rotatable bonds is 6. The molecular formula is C22H20N2O3S. The minimum atomic E-state index is -0.0754. The summed E-state index contributed by atoms with van der Waals surface area (Å²) < 4.78 is 10.6. The molecule has 0 unspecified atom stereocenters. The Morgan fingerprint density at radius 1 is 0.821 bits per heavy atom. The van der Waals surface area contributed by atoms with Gasteiger partial charge in [-0.2, -0.15) is 0 Å². The van der Waals surface area contributed by atoms with E-state index in [1.807, 2.05) is 42.5 Å². The van der Waals surface area contributed by atoms with Crippen molar-refractivity contribution in [1.82, 2.24) is 0 Å². The molecule has 5 nitrogen and oxygen atoms in total. The summed E-state index contributed by atoms with van der Waals surface area (Å²) in [5.74, 6) is 1.20. The molecule has 3 aromatic carbocycles. The van der Waals surface area contributed by atoms with Crippen molar-refractivity contribution in [2.75, 3.05) is 24.9 Å². The fourth-order valence-electron chi connectivity index (χ4n) is 2.71. The highest BCUT2D eigenvalue weighted by molar-refractivity contribution is 7.80. The van der Waals surface area contributed by atoms with E-state index in [2.05, 4.69) is 10.6 Å². The molecule has 0 fully saturated rings. The molecule has 0 heterocycles. The number of methoxy groups -OCH3 is 2. The van der Waals surface area contributed by atoms with Crippen LogP contribution in [0.5, 0.6) is 11.5 Å². The van der Waals surface area contributed by atoms with Gasteiger partial charge in [0.2, 0.25) is 0 Å². The van der Waals surface area contributed by atoms with Gasteiger partial charge in [-0.1, -0.05) is 42.5 Å². The van der Waals surface area contributed by atoms with Crippen LogP contribution in [0.15, 0.2) is 72.8 Å². The van der Waals surface area contributed by atoms with E-state index in [1.54, 1.807) is 44.6 Å². The maximum atomic E-state index is 12.8. The first-order chi connectivity index (χ1) is 13.6. The Hall–Kier alpha value is -3.38. The maximum Gasteiger partial charge on any atom is 0.195 e. The van der Waals surface area contributed by atoms with Crippen molar-refractivity contribution in [3.05, 3.63) is 83.9 Å². The van der Waals surface area contributed by atoms with Gasteiger partial charge in [0.05, 0.1) is 25.6 Å². The van der Waals surface area contributed by atoms with Crippen LogP contribution >= 0.6 is 12.2 Å². The topological polar surface area (TPSA) is 59.6 Å². The zero-order chi connectivity index (χ0) is 19.9.